The van der Waals surface area contributed by atoms with Crippen molar-refractivity contribution >= 4 is 33.5 Å². The summed E-state index contributed by atoms with van der Waals surface area (Å²) in [7, 11) is 2.21. The van der Waals surface area contributed by atoms with Crippen LogP contribution in [0.2, 0.25) is 0 Å². The maximum Gasteiger partial charge on any atom is 0.0630 e. The van der Waals surface area contributed by atoms with Crippen molar-refractivity contribution < 1.29 is 0 Å². The molecule has 1 aliphatic rings. The fourth-order valence-electron chi connectivity index (χ4n) is 3.54. The van der Waals surface area contributed by atoms with Crippen LogP contribution in [0, 0.1) is 6.92 Å². The first-order valence-electron chi connectivity index (χ1n) is 8.46. The summed E-state index contributed by atoms with van der Waals surface area (Å²) in [4.78, 5) is 7.06. The van der Waals surface area contributed by atoms with E-state index in [1.54, 1.807) is 0 Å². The van der Waals surface area contributed by atoms with Gasteiger partial charge in [0.15, 0.2) is 0 Å². The third-order valence-corrected chi connectivity index (χ3v) is 5.73. The SMILES string of the molecule is Cc1cc2c(cc1C=Nc1ccc(Br)cc1)[C@H](C)CC(C)(C)N2C. The van der Waals surface area contributed by atoms with Crippen molar-refractivity contribution in [1.29, 1.82) is 0 Å². The third kappa shape index (κ3) is 3.27. The van der Waals surface area contributed by atoms with Crippen LogP contribution in [0.15, 0.2) is 45.9 Å². The van der Waals surface area contributed by atoms with Gasteiger partial charge >= 0.3 is 0 Å². The minimum atomic E-state index is 0.200. The lowest BCUT2D eigenvalue weighted by atomic mass is 9.79. The van der Waals surface area contributed by atoms with Crippen molar-refractivity contribution in [3.8, 4) is 0 Å². The Labute approximate surface area is 153 Å². The zero-order valence-electron chi connectivity index (χ0n) is 15.1. The lowest BCUT2D eigenvalue weighted by Gasteiger charge is -2.45. The highest BCUT2D eigenvalue weighted by Crippen LogP contribution is 2.43. The molecule has 2 aromatic rings. The number of fused-ring (bicyclic) bond motifs is 1. The van der Waals surface area contributed by atoms with E-state index >= 15 is 0 Å². The van der Waals surface area contributed by atoms with Crippen LogP contribution in [0.5, 0.6) is 0 Å². The van der Waals surface area contributed by atoms with Gasteiger partial charge < -0.3 is 4.90 Å². The molecular formula is C21H25BrN2. The summed E-state index contributed by atoms with van der Waals surface area (Å²) in [5, 5.41) is 0. The topological polar surface area (TPSA) is 15.6 Å². The third-order valence-electron chi connectivity index (χ3n) is 5.20. The van der Waals surface area contributed by atoms with E-state index in [0.29, 0.717) is 5.92 Å². The molecule has 1 atom stereocenters. The van der Waals surface area contributed by atoms with Crippen molar-refractivity contribution in [2.45, 2.75) is 45.6 Å². The van der Waals surface area contributed by atoms with E-state index in [9.17, 15) is 0 Å². The van der Waals surface area contributed by atoms with Gasteiger partial charge in [0.1, 0.15) is 0 Å². The summed E-state index contributed by atoms with van der Waals surface area (Å²) < 4.78 is 1.07. The highest BCUT2D eigenvalue weighted by atomic mass is 79.9. The van der Waals surface area contributed by atoms with Gasteiger partial charge in [-0.3, -0.25) is 4.99 Å². The van der Waals surface area contributed by atoms with E-state index < -0.39 is 0 Å². The van der Waals surface area contributed by atoms with Gasteiger partial charge in [-0.15, -0.1) is 0 Å². The molecule has 24 heavy (non-hydrogen) atoms. The fraction of sp³-hybridized carbons (Fsp3) is 0.381. The predicted molar refractivity (Wildman–Crippen MR) is 108 cm³/mol. The smallest absolute Gasteiger partial charge is 0.0630 e. The Kier molecular flexibility index (Phi) is 4.56. The Morgan fingerprint density at radius 3 is 2.54 bits per heavy atom. The largest absolute Gasteiger partial charge is 0.369 e. The predicted octanol–water partition coefficient (Wildman–Crippen LogP) is 6.23. The molecule has 0 amide bonds. The second-order valence-corrected chi connectivity index (χ2v) is 8.39. The molecule has 0 spiro atoms. The van der Waals surface area contributed by atoms with Crippen LogP contribution >= 0.6 is 15.9 Å². The summed E-state index contributed by atoms with van der Waals surface area (Å²) in [6.45, 7) is 9.15. The molecule has 0 radical (unpaired) electrons. The van der Waals surface area contributed by atoms with E-state index in [2.05, 4.69) is 72.7 Å². The maximum absolute atomic E-state index is 4.64. The molecule has 0 saturated heterocycles. The minimum Gasteiger partial charge on any atom is -0.369 e. The van der Waals surface area contributed by atoms with E-state index in [-0.39, 0.29) is 5.54 Å². The van der Waals surface area contributed by atoms with E-state index in [1.807, 2.05) is 30.5 Å². The molecule has 0 bridgehead atoms. The molecule has 0 aromatic heterocycles. The number of anilines is 1. The van der Waals surface area contributed by atoms with Crippen LogP contribution in [0.4, 0.5) is 11.4 Å². The second kappa shape index (κ2) is 6.36. The van der Waals surface area contributed by atoms with E-state index in [0.717, 1.165) is 10.2 Å². The van der Waals surface area contributed by atoms with Crippen molar-refractivity contribution in [2.24, 2.45) is 4.99 Å². The average molecular weight is 385 g/mol. The Hall–Kier alpha value is -1.61. The van der Waals surface area contributed by atoms with Crippen LogP contribution in [-0.2, 0) is 0 Å². The standard InChI is InChI=1S/C21H25BrN2/c1-14-10-20-19(15(2)12-21(3,4)24(20)5)11-16(14)13-23-18-8-6-17(22)7-9-18/h6-11,13,15H,12H2,1-5H3/t15-/m1/s1. The molecular weight excluding hydrogens is 360 g/mol. The van der Waals surface area contributed by atoms with Crippen LogP contribution in [-0.4, -0.2) is 18.8 Å². The van der Waals surface area contributed by atoms with Crippen molar-refractivity contribution in [2.75, 3.05) is 11.9 Å². The zero-order valence-corrected chi connectivity index (χ0v) is 16.7. The Bertz CT molecular complexity index is 775. The highest BCUT2D eigenvalue weighted by Gasteiger charge is 2.34. The van der Waals surface area contributed by atoms with Gasteiger partial charge in [-0.25, -0.2) is 0 Å². The number of hydrogen-bond acceptors (Lipinski definition) is 2. The van der Waals surface area contributed by atoms with E-state index in [1.165, 1.54) is 28.8 Å². The summed E-state index contributed by atoms with van der Waals surface area (Å²) in [6, 6.07) is 12.7. The van der Waals surface area contributed by atoms with Crippen molar-refractivity contribution in [1.82, 2.24) is 0 Å². The molecule has 0 unspecified atom stereocenters. The molecule has 126 valence electrons. The highest BCUT2D eigenvalue weighted by molar-refractivity contribution is 9.10. The van der Waals surface area contributed by atoms with Crippen LogP contribution < -0.4 is 4.90 Å². The zero-order chi connectivity index (χ0) is 17.5. The number of nitrogens with zero attached hydrogens (tertiary/aromatic N) is 2. The molecule has 3 rings (SSSR count). The Morgan fingerprint density at radius 1 is 1.21 bits per heavy atom. The summed E-state index contributed by atoms with van der Waals surface area (Å²) in [5.74, 6) is 0.562. The van der Waals surface area contributed by atoms with Crippen molar-refractivity contribution in [3.05, 3.63) is 57.6 Å². The maximum atomic E-state index is 4.64. The molecule has 1 aliphatic heterocycles. The number of hydrogen-bond donors (Lipinski definition) is 0. The minimum absolute atomic E-state index is 0.200. The van der Waals surface area contributed by atoms with E-state index in [4.69, 9.17) is 0 Å². The van der Waals surface area contributed by atoms with Crippen LogP contribution in [0.25, 0.3) is 0 Å². The number of halogens is 1. The molecule has 0 N–H and O–H groups in total. The first-order chi connectivity index (χ1) is 11.3. The molecule has 3 heteroatoms. The molecule has 0 fully saturated rings. The second-order valence-electron chi connectivity index (χ2n) is 7.48. The average Bonchev–Trinajstić information content (AvgIpc) is 2.52. The summed E-state index contributed by atoms with van der Waals surface area (Å²) in [5.41, 5.74) is 6.44. The van der Waals surface area contributed by atoms with Crippen LogP contribution in [0.3, 0.4) is 0 Å². The molecule has 1 heterocycles. The monoisotopic (exact) mass is 384 g/mol. The number of benzene rings is 2. The van der Waals surface area contributed by atoms with Gasteiger partial charge in [-0.1, -0.05) is 22.9 Å². The first kappa shape index (κ1) is 17.2. The van der Waals surface area contributed by atoms with Gasteiger partial charge in [0, 0.05) is 29.0 Å². The normalized spacial score (nSPS) is 19.6. The lowest BCUT2D eigenvalue weighted by molar-refractivity contribution is 0.395. The molecule has 0 saturated carbocycles. The molecule has 0 aliphatic carbocycles. The van der Waals surface area contributed by atoms with Gasteiger partial charge in [0.05, 0.1) is 5.69 Å². The summed E-state index contributed by atoms with van der Waals surface area (Å²) >= 11 is 3.46. The lowest BCUT2D eigenvalue weighted by Crippen LogP contribution is -2.45. The van der Waals surface area contributed by atoms with Gasteiger partial charge in [0.25, 0.3) is 0 Å². The Balaban J connectivity index is 1.97. The quantitative estimate of drug-likeness (QED) is 0.560. The van der Waals surface area contributed by atoms with Crippen LogP contribution in [0.1, 0.15) is 49.8 Å². The summed E-state index contributed by atoms with van der Waals surface area (Å²) in [6.07, 6.45) is 3.16. The van der Waals surface area contributed by atoms with Gasteiger partial charge in [-0.2, -0.15) is 0 Å². The first-order valence-corrected chi connectivity index (χ1v) is 9.25. The molecule has 2 nitrogen and oxygen atoms in total. The van der Waals surface area contributed by atoms with Gasteiger partial charge in [0.2, 0.25) is 0 Å². The fourth-order valence-corrected chi connectivity index (χ4v) is 3.81. The number of rotatable bonds is 2. The number of aliphatic imine (C=N–C) groups is 1. The van der Waals surface area contributed by atoms with Gasteiger partial charge in [-0.05, 0) is 86.2 Å². The molecule has 2 aromatic carbocycles. The van der Waals surface area contributed by atoms with Crippen molar-refractivity contribution in [3.63, 3.8) is 0 Å². The Morgan fingerprint density at radius 2 is 1.88 bits per heavy atom. The number of aryl methyl sites for hydroxylation is 1.